The molecule has 28 heavy (non-hydrogen) atoms. The van der Waals surface area contributed by atoms with E-state index in [2.05, 4.69) is 0 Å². The number of nitriles is 1. The summed E-state index contributed by atoms with van der Waals surface area (Å²) >= 11 is 0. The first-order valence-electron chi connectivity index (χ1n) is 7.99. The molecule has 7 nitrogen and oxygen atoms in total. The summed E-state index contributed by atoms with van der Waals surface area (Å²) in [5.74, 6) is 0.169. The van der Waals surface area contributed by atoms with E-state index in [9.17, 15) is 33.7 Å². The molecule has 0 radical (unpaired) electrons. The van der Waals surface area contributed by atoms with Gasteiger partial charge in [-0.3, -0.25) is 10.1 Å². The normalized spacial score (nSPS) is 12.1. The minimum absolute atomic E-state index is 0.0348. The number of non-ortho nitro benzene ring substituents is 1. The molecule has 0 aliphatic heterocycles. The van der Waals surface area contributed by atoms with Crippen molar-refractivity contribution in [1.29, 1.82) is 5.26 Å². The summed E-state index contributed by atoms with van der Waals surface area (Å²) in [5, 5.41) is 30.1. The number of aliphatic hydroxyl groups is 1. The third kappa shape index (κ3) is 5.34. The Hall–Kier alpha value is -3.32. The average Bonchev–Trinajstić information content (AvgIpc) is 2.65. The van der Waals surface area contributed by atoms with E-state index in [0.29, 0.717) is 5.69 Å². The van der Waals surface area contributed by atoms with Gasteiger partial charge in [-0.15, -0.1) is 0 Å². The van der Waals surface area contributed by atoms with E-state index in [-0.39, 0.29) is 30.2 Å². The van der Waals surface area contributed by atoms with E-state index in [1.807, 2.05) is 6.07 Å². The maximum absolute atomic E-state index is 12.5. The van der Waals surface area contributed by atoms with Gasteiger partial charge in [-0.2, -0.15) is 18.4 Å². The number of hydrogen-bond donors (Lipinski definition) is 1. The fraction of sp³-hybridized carbons (Fsp3) is 0.278. The first-order chi connectivity index (χ1) is 13.1. The molecule has 0 aliphatic carbocycles. The highest BCUT2D eigenvalue weighted by molar-refractivity contribution is 5.62. The van der Waals surface area contributed by atoms with Crippen molar-refractivity contribution in [1.82, 2.24) is 0 Å². The number of benzene rings is 2. The molecule has 1 N–H and O–H groups in total. The van der Waals surface area contributed by atoms with E-state index in [0.717, 1.165) is 30.3 Å². The molecular formula is C18H16F3N3O4. The second kappa shape index (κ2) is 8.58. The van der Waals surface area contributed by atoms with Gasteiger partial charge >= 0.3 is 6.18 Å². The molecule has 0 saturated heterocycles. The van der Waals surface area contributed by atoms with Crippen LogP contribution in [0, 0.1) is 21.4 Å². The van der Waals surface area contributed by atoms with E-state index in [1.165, 1.54) is 17.0 Å². The topological polar surface area (TPSA) is 99.6 Å². The number of halogens is 3. The van der Waals surface area contributed by atoms with Crippen LogP contribution in [0.1, 0.15) is 11.1 Å². The lowest BCUT2D eigenvalue weighted by Crippen LogP contribution is -2.33. The summed E-state index contributed by atoms with van der Waals surface area (Å²) < 4.78 is 42.8. The minimum atomic E-state index is -4.44. The number of nitro groups is 1. The second-order valence-corrected chi connectivity index (χ2v) is 5.94. The number of ether oxygens (including phenoxy) is 1. The predicted octanol–water partition coefficient (Wildman–Crippen LogP) is 3.36. The molecule has 1 atom stereocenters. The van der Waals surface area contributed by atoms with Crippen molar-refractivity contribution >= 4 is 11.4 Å². The zero-order valence-electron chi connectivity index (χ0n) is 14.7. The monoisotopic (exact) mass is 395 g/mol. The third-order valence-electron chi connectivity index (χ3n) is 3.83. The smallest absolute Gasteiger partial charge is 0.416 e. The highest BCUT2D eigenvalue weighted by Crippen LogP contribution is 2.30. The standard InChI is InChI=1S/C18H16F3N3O4/c1-23(17-7-4-14(24(26)27)8-12(17)9-22)10-15(25)11-28-16-5-2-13(3-6-16)18(19,20)21/h2-8,15,25H,10-11H2,1H3. The van der Waals surface area contributed by atoms with Crippen LogP contribution >= 0.6 is 0 Å². The lowest BCUT2D eigenvalue weighted by Gasteiger charge is -2.23. The molecule has 10 heteroatoms. The number of aliphatic hydroxyl groups excluding tert-OH is 1. The Balaban J connectivity index is 1.97. The van der Waals surface area contributed by atoms with E-state index < -0.39 is 22.8 Å². The van der Waals surface area contributed by atoms with Crippen molar-refractivity contribution in [3.63, 3.8) is 0 Å². The first kappa shape index (κ1) is 21.0. The van der Waals surface area contributed by atoms with Gasteiger partial charge in [-0.25, -0.2) is 0 Å². The Morgan fingerprint density at radius 2 is 1.93 bits per heavy atom. The highest BCUT2D eigenvalue weighted by Gasteiger charge is 2.30. The largest absolute Gasteiger partial charge is 0.491 e. The summed E-state index contributed by atoms with van der Waals surface area (Å²) in [6.07, 6.45) is -5.46. The zero-order chi connectivity index (χ0) is 20.9. The van der Waals surface area contributed by atoms with Crippen molar-refractivity contribution < 1.29 is 27.9 Å². The number of rotatable bonds is 7. The molecule has 2 aromatic rings. The van der Waals surface area contributed by atoms with Gasteiger partial charge in [0.2, 0.25) is 0 Å². The maximum atomic E-state index is 12.5. The Kier molecular flexibility index (Phi) is 6.43. The number of alkyl halides is 3. The van der Waals surface area contributed by atoms with Crippen LogP contribution in [0.15, 0.2) is 42.5 Å². The van der Waals surface area contributed by atoms with Crippen molar-refractivity contribution in [3.05, 3.63) is 63.7 Å². The van der Waals surface area contributed by atoms with Crippen molar-refractivity contribution in [2.45, 2.75) is 12.3 Å². The molecule has 0 heterocycles. The number of likely N-dealkylation sites (N-methyl/N-ethyl adjacent to an activating group) is 1. The summed E-state index contributed by atoms with van der Waals surface area (Å²) in [4.78, 5) is 11.7. The van der Waals surface area contributed by atoms with Gasteiger partial charge in [0.05, 0.1) is 21.7 Å². The highest BCUT2D eigenvalue weighted by atomic mass is 19.4. The molecular weight excluding hydrogens is 379 g/mol. The Morgan fingerprint density at radius 1 is 1.29 bits per heavy atom. The molecule has 0 bridgehead atoms. The van der Waals surface area contributed by atoms with Crippen LogP contribution in [0.2, 0.25) is 0 Å². The number of nitrogens with zero attached hydrogens (tertiary/aromatic N) is 3. The zero-order valence-corrected chi connectivity index (χ0v) is 14.7. The SMILES string of the molecule is CN(CC(O)COc1ccc(C(F)(F)F)cc1)c1ccc([N+](=O)[O-])cc1C#N. The molecule has 0 aliphatic rings. The quantitative estimate of drug-likeness (QED) is 0.570. The fourth-order valence-corrected chi connectivity index (χ4v) is 2.46. The van der Waals surface area contributed by atoms with Crippen molar-refractivity contribution in [2.75, 3.05) is 25.1 Å². The molecule has 0 amide bonds. The first-order valence-corrected chi connectivity index (χ1v) is 7.99. The third-order valence-corrected chi connectivity index (χ3v) is 3.83. The molecule has 0 spiro atoms. The van der Waals surface area contributed by atoms with E-state index in [4.69, 9.17) is 4.74 Å². The lowest BCUT2D eigenvalue weighted by molar-refractivity contribution is -0.384. The predicted molar refractivity (Wildman–Crippen MR) is 94.0 cm³/mol. The molecule has 2 aromatic carbocycles. The van der Waals surface area contributed by atoms with Gasteiger partial charge in [-0.1, -0.05) is 0 Å². The molecule has 2 rings (SSSR count). The summed E-state index contributed by atoms with van der Waals surface area (Å²) in [6, 6.07) is 9.73. The van der Waals surface area contributed by atoms with Crippen LogP contribution in [0.5, 0.6) is 5.75 Å². The van der Waals surface area contributed by atoms with Crippen LogP contribution in [0.25, 0.3) is 0 Å². The van der Waals surface area contributed by atoms with Crippen LogP contribution in [0.3, 0.4) is 0 Å². The maximum Gasteiger partial charge on any atom is 0.416 e. The van der Waals surface area contributed by atoms with Gasteiger partial charge < -0.3 is 14.7 Å². The van der Waals surface area contributed by atoms with Crippen LogP contribution in [-0.4, -0.2) is 36.3 Å². The van der Waals surface area contributed by atoms with Crippen LogP contribution in [-0.2, 0) is 6.18 Å². The van der Waals surface area contributed by atoms with E-state index in [1.54, 1.807) is 7.05 Å². The Bertz CT molecular complexity index is 879. The van der Waals surface area contributed by atoms with Gasteiger partial charge in [0, 0.05) is 25.7 Å². The minimum Gasteiger partial charge on any atom is -0.491 e. The summed E-state index contributed by atoms with van der Waals surface area (Å²) in [7, 11) is 1.59. The molecule has 1 unspecified atom stereocenters. The van der Waals surface area contributed by atoms with Gasteiger partial charge in [0.1, 0.15) is 24.5 Å². The van der Waals surface area contributed by atoms with Gasteiger partial charge in [0.15, 0.2) is 0 Å². The number of anilines is 1. The summed E-state index contributed by atoms with van der Waals surface area (Å²) in [5.41, 5.74) is -0.559. The van der Waals surface area contributed by atoms with Crippen molar-refractivity contribution in [2.24, 2.45) is 0 Å². The van der Waals surface area contributed by atoms with E-state index >= 15 is 0 Å². The molecule has 148 valence electrons. The second-order valence-electron chi connectivity index (χ2n) is 5.94. The Labute approximate surface area is 158 Å². The Morgan fingerprint density at radius 3 is 2.46 bits per heavy atom. The number of nitro benzene ring substituents is 1. The average molecular weight is 395 g/mol. The van der Waals surface area contributed by atoms with Gasteiger partial charge in [0.25, 0.3) is 5.69 Å². The lowest BCUT2D eigenvalue weighted by atomic mass is 10.1. The molecule has 0 saturated carbocycles. The van der Waals surface area contributed by atoms with Crippen LogP contribution in [0.4, 0.5) is 24.5 Å². The number of hydrogen-bond acceptors (Lipinski definition) is 6. The van der Waals surface area contributed by atoms with Crippen molar-refractivity contribution in [3.8, 4) is 11.8 Å². The summed E-state index contributed by atoms with van der Waals surface area (Å²) in [6.45, 7) is -0.155. The molecule has 0 aromatic heterocycles. The fourth-order valence-electron chi connectivity index (χ4n) is 2.46. The van der Waals surface area contributed by atoms with Gasteiger partial charge in [-0.05, 0) is 30.3 Å². The van der Waals surface area contributed by atoms with Crippen LogP contribution < -0.4 is 9.64 Å². The molecule has 0 fully saturated rings.